The molecule has 0 spiro atoms. The predicted molar refractivity (Wildman–Crippen MR) is 46.9 cm³/mol. The van der Waals surface area contributed by atoms with Crippen molar-refractivity contribution in [2.45, 2.75) is 20.8 Å². The van der Waals surface area contributed by atoms with Gasteiger partial charge in [-0.2, -0.15) is 0 Å². The van der Waals surface area contributed by atoms with Crippen molar-refractivity contribution < 1.29 is 0 Å². The van der Waals surface area contributed by atoms with Gasteiger partial charge in [-0.15, -0.1) is 0 Å². The van der Waals surface area contributed by atoms with Gasteiger partial charge >= 0.3 is 0 Å². The third-order valence-electron chi connectivity index (χ3n) is 1.38. The Labute approximate surface area is 64.0 Å². The standard InChI is InChI=1S/C9H17N/c1-5-10(6-2)8-7-9(3)4/h7-8H,3,5-6H2,1-2,4H3. The van der Waals surface area contributed by atoms with Crippen LogP contribution in [0.25, 0.3) is 0 Å². The zero-order chi connectivity index (χ0) is 7.98. The molecular weight excluding hydrogens is 122 g/mol. The molecule has 0 aliphatic heterocycles. The molecule has 0 saturated heterocycles. The van der Waals surface area contributed by atoms with Gasteiger partial charge in [-0.3, -0.25) is 0 Å². The number of hydrogen-bond donors (Lipinski definition) is 0. The lowest BCUT2D eigenvalue weighted by atomic mass is 10.3. The lowest BCUT2D eigenvalue weighted by molar-refractivity contribution is 0.419. The summed E-state index contributed by atoms with van der Waals surface area (Å²) in [4.78, 5) is 2.23. The molecule has 0 aromatic heterocycles. The van der Waals surface area contributed by atoms with Crippen molar-refractivity contribution in [3.05, 3.63) is 24.4 Å². The van der Waals surface area contributed by atoms with E-state index >= 15 is 0 Å². The Bertz CT molecular complexity index is 121. The van der Waals surface area contributed by atoms with Gasteiger partial charge in [0.05, 0.1) is 0 Å². The average molecular weight is 139 g/mol. The molecule has 58 valence electrons. The van der Waals surface area contributed by atoms with Gasteiger partial charge in [-0.05, 0) is 33.0 Å². The first-order valence-corrected chi connectivity index (χ1v) is 3.78. The van der Waals surface area contributed by atoms with Crippen LogP contribution in [-0.2, 0) is 0 Å². The molecule has 0 bridgehead atoms. The lowest BCUT2D eigenvalue weighted by Crippen LogP contribution is -2.14. The molecule has 0 unspecified atom stereocenters. The van der Waals surface area contributed by atoms with Gasteiger partial charge in [0.25, 0.3) is 0 Å². The van der Waals surface area contributed by atoms with Crippen LogP contribution in [-0.4, -0.2) is 18.0 Å². The van der Waals surface area contributed by atoms with E-state index in [1.54, 1.807) is 0 Å². The minimum absolute atomic E-state index is 1.07. The summed E-state index contributed by atoms with van der Waals surface area (Å²) in [6, 6.07) is 0. The summed E-state index contributed by atoms with van der Waals surface area (Å²) in [6.07, 6.45) is 4.12. The fraction of sp³-hybridized carbons (Fsp3) is 0.556. The van der Waals surface area contributed by atoms with E-state index in [-0.39, 0.29) is 0 Å². The highest BCUT2D eigenvalue weighted by Gasteiger charge is 1.87. The van der Waals surface area contributed by atoms with E-state index in [1.165, 1.54) is 0 Å². The van der Waals surface area contributed by atoms with E-state index in [0.717, 1.165) is 18.7 Å². The molecular formula is C9H17N. The van der Waals surface area contributed by atoms with Gasteiger partial charge in [0.15, 0.2) is 0 Å². The van der Waals surface area contributed by atoms with Gasteiger partial charge in [0.2, 0.25) is 0 Å². The summed E-state index contributed by atoms with van der Waals surface area (Å²) < 4.78 is 0. The number of nitrogens with zero attached hydrogens (tertiary/aromatic N) is 1. The molecule has 0 amide bonds. The van der Waals surface area contributed by atoms with Crippen LogP contribution in [0.15, 0.2) is 24.4 Å². The Morgan fingerprint density at radius 2 is 1.90 bits per heavy atom. The maximum absolute atomic E-state index is 3.78. The minimum Gasteiger partial charge on any atom is -0.378 e. The number of rotatable bonds is 4. The largest absolute Gasteiger partial charge is 0.378 e. The highest BCUT2D eigenvalue weighted by Crippen LogP contribution is 1.93. The zero-order valence-electron chi connectivity index (χ0n) is 7.22. The number of allylic oxidation sites excluding steroid dienone is 2. The van der Waals surface area contributed by atoms with Crippen molar-refractivity contribution in [2.75, 3.05) is 13.1 Å². The van der Waals surface area contributed by atoms with E-state index in [9.17, 15) is 0 Å². The Morgan fingerprint density at radius 1 is 1.40 bits per heavy atom. The topological polar surface area (TPSA) is 3.24 Å². The van der Waals surface area contributed by atoms with Crippen LogP contribution in [0, 0.1) is 0 Å². The summed E-state index contributed by atoms with van der Waals surface area (Å²) in [5, 5.41) is 0. The monoisotopic (exact) mass is 139 g/mol. The van der Waals surface area contributed by atoms with Crippen LogP contribution < -0.4 is 0 Å². The second kappa shape index (κ2) is 5.10. The van der Waals surface area contributed by atoms with Crippen LogP contribution in [0.1, 0.15) is 20.8 Å². The fourth-order valence-electron chi connectivity index (χ4n) is 0.667. The molecule has 0 aromatic rings. The molecule has 0 N–H and O–H groups in total. The molecule has 0 saturated carbocycles. The predicted octanol–water partition coefficient (Wildman–Crippen LogP) is 2.42. The van der Waals surface area contributed by atoms with E-state index in [0.29, 0.717) is 0 Å². The second-order valence-electron chi connectivity index (χ2n) is 2.38. The molecule has 0 heterocycles. The van der Waals surface area contributed by atoms with Crippen molar-refractivity contribution in [1.29, 1.82) is 0 Å². The van der Waals surface area contributed by atoms with Crippen LogP contribution in [0.3, 0.4) is 0 Å². The van der Waals surface area contributed by atoms with Crippen LogP contribution in [0.4, 0.5) is 0 Å². The molecule has 10 heavy (non-hydrogen) atoms. The summed E-state index contributed by atoms with van der Waals surface area (Å²) in [7, 11) is 0. The smallest absolute Gasteiger partial charge is 0.0143 e. The van der Waals surface area contributed by atoms with Crippen molar-refractivity contribution >= 4 is 0 Å². The van der Waals surface area contributed by atoms with E-state index in [4.69, 9.17) is 0 Å². The molecule has 1 heteroatoms. The second-order valence-corrected chi connectivity index (χ2v) is 2.38. The average Bonchev–Trinajstić information content (AvgIpc) is 1.90. The van der Waals surface area contributed by atoms with E-state index in [1.807, 2.05) is 13.0 Å². The van der Waals surface area contributed by atoms with Crippen molar-refractivity contribution in [3.63, 3.8) is 0 Å². The van der Waals surface area contributed by atoms with Gasteiger partial charge in [-0.1, -0.05) is 12.2 Å². The highest BCUT2D eigenvalue weighted by molar-refractivity contribution is 5.10. The maximum atomic E-state index is 3.78. The summed E-state index contributed by atoms with van der Waals surface area (Å²) in [5.74, 6) is 0. The van der Waals surface area contributed by atoms with Gasteiger partial charge in [-0.25, -0.2) is 0 Å². The van der Waals surface area contributed by atoms with Gasteiger partial charge in [0.1, 0.15) is 0 Å². The van der Waals surface area contributed by atoms with Gasteiger partial charge < -0.3 is 4.90 Å². The maximum Gasteiger partial charge on any atom is 0.0143 e. The normalized spacial score (nSPS) is 10.3. The zero-order valence-corrected chi connectivity index (χ0v) is 7.22. The van der Waals surface area contributed by atoms with Crippen LogP contribution in [0.2, 0.25) is 0 Å². The summed E-state index contributed by atoms with van der Waals surface area (Å²) >= 11 is 0. The third kappa shape index (κ3) is 4.19. The molecule has 0 rings (SSSR count). The quantitative estimate of drug-likeness (QED) is 0.541. The molecule has 0 fully saturated rings. The molecule has 0 aromatic carbocycles. The number of hydrogen-bond acceptors (Lipinski definition) is 1. The first kappa shape index (κ1) is 9.28. The summed E-state index contributed by atoms with van der Waals surface area (Å²) in [6.45, 7) is 12.2. The SMILES string of the molecule is C=C(C)C=CN(CC)CC. The molecule has 1 nitrogen and oxygen atoms in total. The Hall–Kier alpha value is -0.720. The fourth-order valence-corrected chi connectivity index (χ4v) is 0.667. The molecule has 0 aliphatic rings. The van der Waals surface area contributed by atoms with Crippen LogP contribution in [0.5, 0.6) is 0 Å². The third-order valence-corrected chi connectivity index (χ3v) is 1.38. The van der Waals surface area contributed by atoms with Crippen molar-refractivity contribution in [1.82, 2.24) is 4.90 Å². The minimum atomic E-state index is 1.07. The van der Waals surface area contributed by atoms with Crippen molar-refractivity contribution in [3.8, 4) is 0 Å². The summed E-state index contributed by atoms with van der Waals surface area (Å²) in [5.41, 5.74) is 1.10. The van der Waals surface area contributed by atoms with E-state index < -0.39 is 0 Å². The molecule has 0 aliphatic carbocycles. The Kier molecular flexibility index (Phi) is 4.73. The van der Waals surface area contributed by atoms with Crippen molar-refractivity contribution in [2.24, 2.45) is 0 Å². The Balaban J connectivity index is 3.72. The first-order chi connectivity index (χ1) is 4.70. The lowest BCUT2D eigenvalue weighted by Gasteiger charge is -2.14. The highest BCUT2D eigenvalue weighted by atomic mass is 15.1. The first-order valence-electron chi connectivity index (χ1n) is 3.78. The van der Waals surface area contributed by atoms with Crippen LogP contribution >= 0.6 is 0 Å². The molecule has 0 radical (unpaired) electrons. The van der Waals surface area contributed by atoms with Gasteiger partial charge in [0, 0.05) is 13.1 Å². The van der Waals surface area contributed by atoms with E-state index in [2.05, 4.69) is 31.5 Å². The Morgan fingerprint density at radius 3 is 2.20 bits per heavy atom. The molecule has 0 atom stereocenters.